The number of carbonyl (C=O) groups excluding carboxylic acids is 1. The second kappa shape index (κ2) is 5.28. The molecule has 1 heterocycles. The quantitative estimate of drug-likeness (QED) is 0.923. The Morgan fingerprint density at radius 3 is 2.45 bits per heavy atom. The first-order chi connectivity index (χ1) is 9.74. The summed E-state index contributed by atoms with van der Waals surface area (Å²) in [6, 6.07) is 10.2. The monoisotopic (exact) mass is 268 g/mol. The number of benzene rings is 1. The lowest BCUT2D eigenvalue weighted by Crippen LogP contribution is -2.26. The van der Waals surface area contributed by atoms with E-state index < -0.39 is 0 Å². The highest BCUT2D eigenvalue weighted by atomic mass is 16.1. The summed E-state index contributed by atoms with van der Waals surface area (Å²) in [5.41, 5.74) is 1.50. The van der Waals surface area contributed by atoms with Gasteiger partial charge in [0.25, 0.3) is 5.91 Å². The van der Waals surface area contributed by atoms with Gasteiger partial charge in [-0.1, -0.05) is 18.2 Å². The van der Waals surface area contributed by atoms with E-state index in [0.717, 1.165) is 18.5 Å². The molecule has 1 aliphatic rings. The summed E-state index contributed by atoms with van der Waals surface area (Å²) in [4.78, 5) is 22.2. The summed E-state index contributed by atoms with van der Waals surface area (Å²) in [7, 11) is 1.90. The summed E-state index contributed by atoms with van der Waals surface area (Å²) in [6.07, 6.45) is 5.28. The zero-order chi connectivity index (χ0) is 13.9. The van der Waals surface area contributed by atoms with Crippen LogP contribution >= 0.6 is 0 Å². The largest absolute Gasteiger partial charge is 0.349 e. The Kier molecular flexibility index (Phi) is 3.33. The first-order valence-electron chi connectivity index (χ1n) is 6.66. The smallest absolute Gasteiger partial charge is 0.254 e. The van der Waals surface area contributed by atoms with E-state index in [9.17, 15) is 4.79 Å². The summed E-state index contributed by atoms with van der Waals surface area (Å²) >= 11 is 0. The first-order valence-corrected chi connectivity index (χ1v) is 6.66. The Morgan fingerprint density at radius 1 is 1.20 bits per heavy atom. The van der Waals surface area contributed by atoms with Crippen LogP contribution in [0.4, 0.5) is 11.6 Å². The van der Waals surface area contributed by atoms with Crippen LogP contribution in [0.5, 0.6) is 0 Å². The number of carbonyl (C=O) groups is 1. The molecule has 1 amide bonds. The number of anilines is 2. The molecular formula is C15H16N4O. The molecule has 0 spiro atoms. The molecule has 3 rings (SSSR count). The summed E-state index contributed by atoms with van der Waals surface area (Å²) in [5, 5.41) is 2.92. The molecule has 0 aliphatic heterocycles. The molecule has 1 aromatic carbocycles. The Balaban J connectivity index is 1.73. The van der Waals surface area contributed by atoms with E-state index in [2.05, 4.69) is 15.3 Å². The molecule has 1 N–H and O–H groups in total. The van der Waals surface area contributed by atoms with E-state index in [1.807, 2.05) is 42.3 Å². The van der Waals surface area contributed by atoms with Crippen molar-refractivity contribution in [1.82, 2.24) is 15.3 Å². The van der Waals surface area contributed by atoms with Gasteiger partial charge in [0, 0.05) is 31.2 Å². The SMILES string of the molecule is CN(c1ccccc1)c1ncc(C(=O)NC2CC2)cn1. The summed E-state index contributed by atoms with van der Waals surface area (Å²) in [5.74, 6) is 0.473. The molecule has 1 saturated carbocycles. The standard InChI is InChI=1S/C15H16N4O/c1-19(13-5-3-2-4-6-13)15-16-9-11(10-17-15)14(20)18-12-7-8-12/h2-6,9-10,12H,7-8H2,1H3,(H,18,20). The fourth-order valence-corrected chi connectivity index (χ4v) is 1.88. The number of para-hydroxylation sites is 1. The van der Waals surface area contributed by atoms with Gasteiger partial charge in [-0.3, -0.25) is 4.79 Å². The number of aromatic nitrogens is 2. The van der Waals surface area contributed by atoms with Crippen molar-refractivity contribution in [3.8, 4) is 0 Å². The van der Waals surface area contributed by atoms with E-state index in [1.54, 1.807) is 12.4 Å². The molecule has 5 nitrogen and oxygen atoms in total. The van der Waals surface area contributed by atoms with Gasteiger partial charge in [0.1, 0.15) is 0 Å². The van der Waals surface area contributed by atoms with Gasteiger partial charge in [-0.15, -0.1) is 0 Å². The molecule has 102 valence electrons. The maximum absolute atomic E-state index is 11.8. The molecule has 5 heteroatoms. The normalized spacial score (nSPS) is 13.8. The van der Waals surface area contributed by atoms with E-state index in [1.165, 1.54) is 0 Å². The van der Waals surface area contributed by atoms with Crippen LogP contribution in [0.15, 0.2) is 42.7 Å². The van der Waals surface area contributed by atoms with E-state index in [4.69, 9.17) is 0 Å². The highest BCUT2D eigenvalue weighted by Gasteiger charge is 2.24. The van der Waals surface area contributed by atoms with Crippen molar-refractivity contribution in [3.63, 3.8) is 0 Å². The van der Waals surface area contributed by atoms with Gasteiger partial charge in [0.15, 0.2) is 0 Å². The number of amides is 1. The average molecular weight is 268 g/mol. The van der Waals surface area contributed by atoms with Crippen molar-refractivity contribution in [2.24, 2.45) is 0 Å². The third kappa shape index (κ3) is 2.77. The Labute approximate surface area is 117 Å². The molecule has 1 aliphatic carbocycles. The zero-order valence-corrected chi connectivity index (χ0v) is 11.3. The van der Waals surface area contributed by atoms with Crippen LogP contribution < -0.4 is 10.2 Å². The van der Waals surface area contributed by atoms with E-state index in [0.29, 0.717) is 17.6 Å². The van der Waals surface area contributed by atoms with Crippen molar-refractivity contribution in [3.05, 3.63) is 48.3 Å². The van der Waals surface area contributed by atoms with Crippen LogP contribution in [-0.2, 0) is 0 Å². The van der Waals surface area contributed by atoms with Crippen LogP contribution in [0.2, 0.25) is 0 Å². The van der Waals surface area contributed by atoms with Crippen molar-refractivity contribution < 1.29 is 4.79 Å². The van der Waals surface area contributed by atoms with Gasteiger partial charge >= 0.3 is 0 Å². The Morgan fingerprint density at radius 2 is 1.85 bits per heavy atom. The second-order valence-electron chi connectivity index (χ2n) is 4.91. The zero-order valence-electron chi connectivity index (χ0n) is 11.3. The third-order valence-electron chi connectivity index (χ3n) is 3.26. The molecule has 1 fully saturated rings. The minimum absolute atomic E-state index is 0.0959. The topological polar surface area (TPSA) is 58.1 Å². The Bertz CT molecular complexity index is 593. The number of rotatable bonds is 4. The van der Waals surface area contributed by atoms with E-state index >= 15 is 0 Å². The average Bonchev–Trinajstić information content (AvgIpc) is 3.31. The molecule has 2 aromatic rings. The molecule has 0 saturated heterocycles. The molecular weight excluding hydrogens is 252 g/mol. The van der Waals surface area contributed by atoms with Crippen LogP contribution in [0.3, 0.4) is 0 Å². The first kappa shape index (κ1) is 12.6. The molecule has 0 radical (unpaired) electrons. The molecule has 1 aromatic heterocycles. The van der Waals surface area contributed by atoms with Gasteiger partial charge in [-0.25, -0.2) is 9.97 Å². The molecule has 0 bridgehead atoms. The van der Waals surface area contributed by atoms with Crippen LogP contribution in [0.25, 0.3) is 0 Å². The number of nitrogens with one attached hydrogen (secondary N) is 1. The minimum atomic E-state index is -0.0959. The summed E-state index contributed by atoms with van der Waals surface area (Å²) < 4.78 is 0. The predicted octanol–water partition coefficient (Wildman–Crippen LogP) is 2.14. The number of hydrogen-bond donors (Lipinski definition) is 1. The highest BCUT2D eigenvalue weighted by molar-refractivity contribution is 5.94. The van der Waals surface area contributed by atoms with Gasteiger partial charge in [-0.05, 0) is 25.0 Å². The van der Waals surface area contributed by atoms with Gasteiger partial charge in [0.2, 0.25) is 5.95 Å². The second-order valence-corrected chi connectivity index (χ2v) is 4.91. The maximum atomic E-state index is 11.8. The third-order valence-corrected chi connectivity index (χ3v) is 3.26. The van der Waals surface area contributed by atoms with Crippen molar-refractivity contribution >= 4 is 17.5 Å². The van der Waals surface area contributed by atoms with Crippen molar-refractivity contribution in [2.45, 2.75) is 18.9 Å². The fraction of sp³-hybridized carbons (Fsp3) is 0.267. The molecule has 20 heavy (non-hydrogen) atoms. The van der Waals surface area contributed by atoms with Crippen LogP contribution in [-0.4, -0.2) is 29.0 Å². The predicted molar refractivity (Wildman–Crippen MR) is 77.0 cm³/mol. The van der Waals surface area contributed by atoms with Gasteiger partial charge in [0.05, 0.1) is 5.56 Å². The molecule has 0 atom stereocenters. The number of nitrogens with zero attached hydrogens (tertiary/aromatic N) is 3. The van der Waals surface area contributed by atoms with Gasteiger partial charge < -0.3 is 10.2 Å². The fourth-order valence-electron chi connectivity index (χ4n) is 1.88. The van der Waals surface area contributed by atoms with Crippen LogP contribution in [0.1, 0.15) is 23.2 Å². The van der Waals surface area contributed by atoms with E-state index in [-0.39, 0.29) is 5.91 Å². The lowest BCUT2D eigenvalue weighted by Gasteiger charge is -2.16. The van der Waals surface area contributed by atoms with Crippen molar-refractivity contribution in [1.29, 1.82) is 0 Å². The Hall–Kier alpha value is -2.43. The maximum Gasteiger partial charge on any atom is 0.254 e. The highest BCUT2D eigenvalue weighted by Crippen LogP contribution is 2.20. The summed E-state index contributed by atoms with van der Waals surface area (Å²) in [6.45, 7) is 0. The van der Waals surface area contributed by atoms with Crippen LogP contribution in [0, 0.1) is 0 Å². The molecule has 0 unspecified atom stereocenters. The van der Waals surface area contributed by atoms with Crippen molar-refractivity contribution in [2.75, 3.05) is 11.9 Å². The lowest BCUT2D eigenvalue weighted by molar-refractivity contribution is 0.0950. The van der Waals surface area contributed by atoms with Gasteiger partial charge in [-0.2, -0.15) is 0 Å². The lowest BCUT2D eigenvalue weighted by atomic mass is 10.3. The minimum Gasteiger partial charge on any atom is -0.349 e. The number of hydrogen-bond acceptors (Lipinski definition) is 4.